The topological polar surface area (TPSA) is 101 Å². The van der Waals surface area contributed by atoms with Crippen LogP contribution in [-0.4, -0.2) is 23.7 Å². The molecule has 0 aliphatic rings. The van der Waals surface area contributed by atoms with Crippen LogP contribution in [0.15, 0.2) is 29.4 Å². The minimum atomic E-state index is -0.835. The second-order valence-corrected chi connectivity index (χ2v) is 5.75. The Morgan fingerprint density at radius 3 is 2.36 bits per heavy atom. The van der Waals surface area contributed by atoms with Crippen LogP contribution in [-0.2, 0) is 16.1 Å². The monoisotopic (exact) mass is 307 g/mol. The van der Waals surface area contributed by atoms with Crippen LogP contribution in [0, 0.1) is 5.53 Å². The average molecular weight is 307 g/mol. The quantitative estimate of drug-likeness (QED) is 0.496. The third kappa shape index (κ3) is 6.34. The molecule has 0 fully saturated rings. The van der Waals surface area contributed by atoms with Crippen molar-refractivity contribution in [1.29, 1.82) is 5.53 Å². The molecular weight excluding hydrogens is 286 g/mol. The van der Waals surface area contributed by atoms with Gasteiger partial charge >= 0.3 is 12.1 Å². The van der Waals surface area contributed by atoms with Gasteiger partial charge in [-0.15, -0.1) is 0 Å². The Labute approximate surface area is 129 Å². The molecule has 0 spiro atoms. The van der Waals surface area contributed by atoms with Crippen molar-refractivity contribution in [2.75, 3.05) is 0 Å². The third-order valence-electron chi connectivity index (χ3n) is 2.49. The van der Waals surface area contributed by atoms with Gasteiger partial charge in [0.05, 0.1) is 6.54 Å². The maximum absolute atomic E-state index is 11.9. The van der Waals surface area contributed by atoms with Crippen LogP contribution in [0.4, 0.5) is 4.79 Å². The number of hydrogen-bond acceptors (Lipinski definition) is 6. The molecule has 2 N–H and O–H groups in total. The molecule has 7 heteroatoms. The number of hydrogen-bond donors (Lipinski definition) is 2. The van der Waals surface area contributed by atoms with Crippen LogP contribution in [0.1, 0.15) is 33.3 Å². The zero-order valence-corrected chi connectivity index (χ0v) is 13.2. The third-order valence-corrected chi connectivity index (χ3v) is 2.49. The molecule has 22 heavy (non-hydrogen) atoms. The van der Waals surface area contributed by atoms with E-state index < -0.39 is 23.7 Å². The van der Waals surface area contributed by atoms with Crippen LogP contribution in [0.2, 0.25) is 0 Å². The van der Waals surface area contributed by atoms with E-state index >= 15 is 0 Å². The summed E-state index contributed by atoms with van der Waals surface area (Å²) in [6.45, 7) is 7.01. The summed E-state index contributed by atoms with van der Waals surface area (Å²) in [7, 11) is 0. The Bertz CT molecular complexity index is 535. The van der Waals surface area contributed by atoms with Crippen molar-refractivity contribution >= 4 is 12.1 Å². The molecule has 1 aromatic carbocycles. The van der Waals surface area contributed by atoms with Crippen molar-refractivity contribution in [3.05, 3.63) is 29.8 Å². The lowest BCUT2D eigenvalue weighted by molar-refractivity contribution is -0.136. The van der Waals surface area contributed by atoms with Gasteiger partial charge in [0.2, 0.25) is 0 Å². The summed E-state index contributed by atoms with van der Waals surface area (Å²) < 4.78 is 10.2. The Kier molecular flexibility index (Phi) is 6.03. The highest BCUT2D eigenvalue weighted by molar-refractivity contribution is 5.82. The highest BCUT2D eigenvalue weighted by Crippen LogP contribution is 2.14. The van der Waals surface area contributed by atoms with Gasteiger partial charge in [0, 0.05) is 0 Å². The number of nitrogens with one attached hydrogen (secondary N) is 2. The van der Waals surface area contributed by atoms with Gasteiger partial charge in [0.25, 0.3) is 0 Å². The molecule has 0 aromatic heterocycles. The molecule has 0 bridgehead atoms. The molecule has 0 aliphatic heterocycles. The van der Waals surface area contributed by atoms with E-state index in [0.29, 0.717) is 5.75 Å². The van der Waals surface area contributed by atoms with Gasteiger partial charge in [0.1, 0.15) is 17.4 Å². The van der Waals surface area contributed by atoms with E-state index in [4.69, 9.17) is 15.0 Å². The molecule has 1 aromatic rings. The number of benzene rings is 1. The van der Waals surface area contributed by atoms with Gasteiger partial charge in [-0.2, -0.15) is 5.11 Å². The molecule has 0 aliphatic carbocycles. The van der Waals surface area contributed by atoms with E-state index in [1.54, 1.807) is 45.0 Å². The maximum Gasteiger partial charge on any atom is 0.408 e. The lowest BCUT2D eigenvalue weighted by Gasteiger charge is -2.21. The fraction of sp³-hybridized carbons (Fsp3) is 0.467. The van der Waals surface area contributed by atoms with Gasteiger partial charge in [0.15, 0.2) is 0 Å². The maximum atomic E-state index is 11.9. The fourth-order valence-electron chi connectivity index (χ4n) is 1.50. The standard InChI is InChI=1S/C15H21N3O4/c1-10(18-14(20)22-15(2,3)4)13(19)21-12-7-5-11(6-8-12)9-17-16/h5-8,10,16H,9H2,1-4H3,(H,18,20)/t10-/m1/s1. The van der Waals surface area contributed by atoms with E-state index in [-0.39, 0.29) is 6.54 Å². The van der Waals surface area contributed by atoms with Crippen LogP contribution in [0.25, 0.3) is 0 Å². The van der Waals surface area contributed by atoms with Gasteiger partial charge in [-0.05, 0) is 45.4 Å². The van der Waals surface area contributed by atoms with Gasteiger partial charge < -0.3 is 14.8 Å². The first-order valence-electron chi connectivity index (χ1n) is 6.84. The Morgan fingerprint density at radius 2 is 1.86 bits per heavy atom. The molecule has 0 radical (unpaired) electrons. The number of carbonyl (C=O) groups excluding carboxylic acids is 2. The lowest BCUT2D eigenvalue weighted by Crippen LogP contribution is -2.43. The van der Waals surface area contributed by atoms with Crippen molar-refractivity contribution < 1.29 is 19.1 Å². The Hall–Kier alpha value is -2.44. The largest absolute Gasteiger partial charge is 0.444 e. The number of rotatable bonds is 5. The van der Waals surface area contributed by atoms with Crippen LogP contribution < -0.4 is 10.1 Å². The van der Waals surface area contributed by atoms with Gasteiger partial charge in [-0.1, -0.05) is 12.1 Å². The highest BCUT2D eigenvalue weighted by atomic mass is 16.6. The molecule has 7 nitrogen and oxygen atoms in total. The summed E-state index contributed by atoms with van der Waals surface area (Å²) in [5.74, 6) is -0.236. The van der Waals surface area contributed by atoms with Crippen molar-refractivity contribution in [3.8, 4) is 5.75 Å². The highest BCUT2D eigenvalue weighted by Gasteiger charge is 2.22. The van der Waals surface area contributed by atoms with Gasteiger partial charge in [-0.3, -0.25) is 0 Å². The summed E-state index contributed by atoms with van der Waals surface area (Å²) in [6, 6.07) is 5.81. The fourth-order valence-corrected chi connectivity index (χ4v) is 1.50. The predicted molar refractivity (Wildman–Crippen MR) is 79.8 cm³/mol. The summed E-state index contributed by atoms with van der Waals surface area (Å²) in [5.41, 5.74) is 6.99. The molecule has 120 valence electrons. The molecular formula is C15H21N3O4. The summed E-state index contributed by atoms with van der Waals surface area (Å²) in [6.07, 6.45) is -0.677. The molecule has 0 heterocycles. The average Bonchev–Trinajstić information content (AvgIpc) is 2.39. The molecule has 1 rings (SSSR count). The van der Waals surface area contributed by atoms with E-state index in [9.17, 15) is 9.59 Å². The van der Waals surface area contributed by atoms with Crippen LogP contribution >= 0.6 is 0 Å². The van der Waals surface area contributed by atoms with Crippen LogP contribution in [0.3, 0.4) is 0 Å². The first kappa shape index (κ1) is 17.6. The first-order chi connectivity index (χ1) is 10.2. The van der Waals surface area contributed by atoms with Gasteiger partial charge in [-0.25, -0.2) is 15.1 Å². The van der Waals surface area contributed by atoms with Crippen LogP contribution in [0.5, 0.6) is 5.75 Å². The van der Waals surface area contributed by atoms with E-state index in [2.05, 4.69) is 10.4 Å². The SMILES string of the molecule is C[C@@H](NC(=O)OC(C)(C)C)C(=O)Oc1ccc(CN=N)cc1. The zero-order chi connectivity index (χ0) is 16.8. The Balaban J connectivity index is 2.53. The van der Waals surface area contributed by atoms with Crippen molar-refractivity contribution in [1.82, 2.24) is 5.32 Å². The molecule has 1 atom stereocenters. The van der Waals surface area contributed by atoms with Crippen molar-refractivity contribution in [3.63, 3.8) is 0 Å². The minimum Gasteiger partial charge on any atom is -0.444 e. The summed E-state index contributed by atoms with van der Waals surface area (Å²) in [4.78, 5) is 23.5. The first-order valence-corrected chi connectivity index (χ1v) is 6.84. The number of carbonyl (C=O) groups is 2. The number of nitrogens with zero attached hydrogens (tertiary/aromatic N) is 1. The van der Waals surface area contributed by atoms with E-state index in [1.165, 1.54) is 6.92 Å². The molecule has 1 amide bonds. The molecule has 0 unspecified atom stereocenters. The molecule has 0 saturated heterocycles. The summed E-state index contributed by atoms with van der Waals surface area (Å²) >= 11 is 0. The van der Waals surface area contributed by atoms with Crippen molar-refractivity contribution in [2.24, 2.45) is 5.11 Å². The second kappa shape index (κ2) is 7.53. The number of alkyl carbamates (subject to hydrolysis) is 1. The predicted octanol–water partition coefficient (Wildman–Crippen LogP) is 3.04. The smallest absolute Gasteiger partial charge is 0.408 e. The molecule has 0 saturated carbocycles. The van der Waals surface area contributed by atoms with E-state index in [1.807, 2.05) is 0 Å². The van der Waals surface area contributed by atoms with Crippen molar-refractivity contribution in [2.45, 2.75) is 45.9 Å². The number of ether oxygens (including phenoxy) is 2. The summed E-state index contributed by atoms with van der Waals surface area (Å²) in [5, 5.41) is 5.68. The lowest BCUT2D eigenvalue weighted by atomic mass is 10.2. The zero-order valence-electron chi connectivity index (χ0n) is 13.2. The second-order valence-electron chi connectivity index (χ2n) is 5.75. The number of esters is 1. The normalized spacial score (nSPS) is 12.2. The Morgan fingerprint density at radius 1 is 1.27 bits per heavy atom. The minimum absolute atomic E-state index is 0.283. The van der Waals surface area contributed by atoms with E-state index in [0.717, 1.165) is 5.56 Å². The number of amides is 1.